The summed E-state index contributed by atoms with van der Waals surface area (Å²) in [6, 6.07) is 9.85. The van der Waals surface area contributed by atoms with Gasteiger partial charge in [0.05, 0.1) is 0 Å². The molecule has 106 valence electrons. The van der Waals surface area contributed by atoms with E-state index in [2.05, 4.69) is 53.0 Å². The molecule has 2 aromatic rings. The minimum absolute atomic E-state index is 0.743. The van der Waals surface area contributed by atoms with Gasteiger partial charge in [-0.3, -0.25) is 4.90 Å². The molecule has 20 heavy (non-hydrogen) atoms. The fourth-order valence-electron chi connectivity index (χ4n) is 3.97. The molecule has 2 aliphatic heterocycles. The first kappa shape index (κ1) is 12.4. The summed E-state index contributed by atoms with van der Waals surface area (Å²) in [6.45, 7) is 6.94. The van der Waals surface area contributed by atoms with Crippen LogP contribution in [0.1, 0.15) is 17.7 Å². The van der Waals surface area contributed by atoms with Gasteiger partial charge in [-0.15, -0.1) is 0 Å². The van der Waals surface area contributed by atoms with Crippen molar-refractivity contribution in [3.63, 3.8) is 0 Å². The predicted octanol–water partition coefficient (Wildman–Crippen LogP) is 2.28. The molecule has 4 rings (SSSR count). The molecule has 1 N–H and O–H groups in total. The summed E-state index contributed by atoms with van der Waals surface area (Å²) in [5, 5.41) is 5.01. The molecule has 2 aliphatic rings. The lowest BCUT2D eigenvalue weighted by Gasteiger charge is -2.17. The van der Waals surface area contributed by atoms with Gasteiger partial charge in [-0.25, -0.2) is 0 Å². The molecule has 0 radical (unpaired) electrons. The molecule has 0 aliphatic carbocycles. The number of hydrogen-bond acceptors (Lipinski definition) is 2. The van der Waals surface area contributed by atoms with E-state index >= 15 is 0 Å². The maximum atomic E-state index is 3.63. The van der Waals surface area contributed by atoms with Gasteiger partial charge in [0.15, 0.2) is 0 Å². The highest BCUT2D eigenvalue weighted by Crippen LogP contribution is 2.27. The van der Waals surface area contributed by atoms with Gasteiger partial charge in [0.2, 0.25) is 0 Å². The van der Waals surface area contributed by atoms with Crippen molar-refractivity contribution < 1.29 is 0 Å². The second-order valence-corrected chi connectivity index (χ2v) is 6.56. The number of nitrogens with one attached hydrogen (secondary N) is 1. The molecule has 3 heterocycles. The van der Waals surface area contributed by atoms with Crippen LogP contribution in [0.15, 0.2) is 24.3 Å². The van der Waals surface area contributed by atoms with Gasteiger partial charge in [-0.05, 0) is 44.0 Å². The molecule has 1 aromatic heterocycles. The molecular formula is C17H23N3. The van der Waals surface area contributed by atoms with Crippen LogP contribution in [0.25, 0.3) is 10.9 Å². The minimum Gasteiger partial charge on any atom is -0.346 e. The van der Waals surface area contributed by atoms with E-state index in [4.69, 9.17) is 0 Å². The van der Waals surface area contributed by atoms with Crippen molar-refractivity contribution in [3.05, 3.63) is 35.5 Å². The Hall–Kier alpha value is -1.32. The number of nitrogens with zero attached hydrogens (tertiary/aromatic N) is 2. The summed E-state index contributed by atoms with van der Waals surface area (Å²) in [6.07, 6.45) is 1.36. The average molecular weight is 269 g/mol. The molecule has 1 aromatic carbocycles. The van der Waals surface area contributed by atoms with Crippen LogP contribution in [0, 0.1) is 12.8 Å². The zero-order valence-electron chi connectivity index (χ0n) is 12.4. The van der Waals surface area contributed by atoms with Crippen molar-refractivity contribution in [3.8, 4) is 0 Å². The Morgan fingerprint density at radius 2 is 2.15 bits per heavy atom. The molecule has 3 heteroatoms. The smallest absolute Gasteiger partial charge is 0.0480 e. The zero-order chi connectivity index (χ0) is 13.7. The molecule has 3 nitrogen and oxygen atoms in total. The van der Waals surface area contributed by atoms with E-state index in [1.807, 2.05) is 0 Å². The van der Waals surface area contributed by atoms with Gasteiger partial charge in [0.1, 0.15) is 0 Å². The van der Waals surface area contributed by atoms with Gasteiger partial charge < -0.3 is 9.88 Å². The van der Waals surface area contributed by atoms with Crippen LogP contribution in [0.3, 0.4) is 0 Å². The van der Waals surface area contributed by atoms with Crippen molar-refractivity contribution in [1.29, 1.82) is 0 Å². The third kappa shape index (κ3) is 1.97. The lowest BCUT2D eigenvalue weighted by atomic mass is 10.1. The van der Waals surface area contributed by atoms with E-state index in [1.54, 1.807) is 0 Å². The number of aryl methyl sites for hydroxylation is 2. The van der Waals surface area contributed by atoms with E-state index in [0.717, 1.165) is 18.5 Å². The van der Waals surface area contributed by atoms with Crippen LogP contribution in [-0.4, -0.2) is 35.1 Å². The Morgan fingerprint density at radius 3 is 3.00 bits per heavy atom. The summed E-state index contributed by atoms with van der Waals surface area (Å²) in [4.78, 5) is 2.61. The fraction of sp³-hybridized carbons (Fsp3) is 0.529. The first-order chi connectivity index (χ1) is 9.70. The highest BCUT2D eigenvalue weighted by molar-refractivity contribution is 5.82. The maximum absolute atomic E-state index is 3.63. The normalized spacial score (nSPS) is 26.5. The molecule has 0 saturated carbocycles. The van der Waals surface area contributed by atoms with E-state index < -0.39 is 0 Å². The van der Waals surface area contributed by atoms with Crippen molar-refractivity contribution in [1.82, 2.24) is 14.8 Å². The SMILES string of the molecule is Cc1ccc2c(c1)cc(CN1C[C@@H]3CCN[C@@H]3C1)n2C. The number of benzene rings is 1. The molecule has 2 fully saturated rings. The van der Waals surface area contributed by atoms with Crippen LogP contribution in [0.4, 0.5) is 0 Å². The zero-order valence-corrected chi connectivity index (χ0v) is 12.4. The van der Waals surface area contributed by atoms with Gasteiger partial charge in [-0.1, -0.05) is 11.6 Å². The quantitative estimate of drug-likeness (QED) is 0.902. The molecule has 2 saturated heterocycles. The third-order valence-electron chi connectivity index (χ3n) is 5.12. The Bertz CT molecular complexity index is 631. The van der Waals surface area contributed by atoms with Crippen LogP contribution in [0.5, 0.6) is 0 Å². The van der Waals surface area contributed by atoms with Gasteiger partial charge in [0.25, 0.3) is 0 Å². The van der Waals surface area contributed by atoms with Crippen molar-refractivity contribution in [2.24, 2.45) is 13.0 Å². The van der Waals surface area contributed by atoms with Gasteiger partial charge in [-0.2, -0.15) is 0 Å². The molecular weight excluding hydrogens is 246 g/mol. The Balaban J connectivity index is 1.58. The first-order valence-corrected chi connectivity index (χ1v) is 7.71. The van der Waals surface area contributed by atoms with E-state index in [-0.39, 0.29) is 0 Å². The maximum Gasteiger partial charge on any atom is 0.0480 e. The highest BCUT2D eigenvalue weighted by atomic mass is 15.2. The minimum atomic E-state index is 0.743. The van der Waals surface area contributed by atoms with Crippen LogP contribution in [0.2, 0.25) is 0 Å². The predicted molar refractivity (Wildman–Crippen MR) is 82.8 cm³/mol. The molecule has 0 spiro atoms. The molecule has 2 atom stereocenters. The van der Waals surface area contributed by atoms with E-state index in [0.29, 0.717) is 0 Å². The second kappa shape index (κ2) is 4.61. The van der Waals surface area contributed by atoms with Crippen molar-refractivity contribution >= 4 is 10.9 Å². The Labute approximate surface area is 120 Å². The number of fused-ring (bicyclic) bond motifs is 2. The lowest BCUT2D eigenvalue weighted by Crippen LogP contribution is -2.30. The summed E-state index contributed by atoms with van der Waals surface area (Å²) in [5.41, 5.74) is 4.13. The van der Waals surface area contributed by atoms with Crippen LogP contribution in [-0.2, 0) is 13.6 Å². The number of rotatable bonds is 2. The fourth-order valence-corrected chi connectivity index (χ4v) is 3.97. The second-order valence-electron chi connectivity index (χ2n) is 6.56. The topological polar surface area (TPSA) is 20.2 Å². The highest BCUT2D eigenvalue weighted by Gasteiger charge is 2.35. The van der Waals surface area contributed by atoms with Gasteiger partial charge in [0, 0.05) is 49.3 Å². The number of hydrogen-bond donors (Lipinski definition) is 1. The number of likely N-dealkylation sites (tertiary alicyclic amines) is 1. The molecule has 0 unspecified atom stereocenters. The Morgan fingerprint density at radius 1 is 1.25 bits per heavy atom. The standard InChI is InChI=1S/C17H23N3/c1-12-3-4-17-14(7-12)8-15(19(17)2)10-20-9-13-5-6-18-16(13)11-20/h3-4,7-8,13,16,18H,5-6,9-11H2,1-2H3/t13-,16+/m0/s1. The van der Waals surface area contributed by atoms with Crippen molar-refractivity contribution in [2.75, 3.05) is 19.6 Å². The van der Waals surface area contributed by atoms with Crippen molar-refractivity contribution in [2.45, 2.75) is 25.9 Å². The van der Waals surface area contributed by atoms with Crippen LogP contribution < -0.4 is 5.32 Å². The van der Waals surface area contributed by atoms with E-state index in [9.17, 15) is 0 Å². The monoisotopic (exact) mass is 269 g/mol. The first-order valence-electron chi connectivity index (χ1n) is 7.71. The molecule has 0 bridgehead atoms. The largest absolute Gasteiger partial charge is 0.346 e. The number of aromatic nitrogens is 1. The summed E-state index contributed by atoms with van der Waals surface area (Å²) in [7, 11) is 2.20. The lowest BCUT2D eigenvalue weighted by molar-refractivity contribution is 0.300. The summed E-state index contributed by atoms with van der Waals surface area (Å²) >= 11 is 0. The average Bonchev–Trinajstić information content (AvgIpc) is 3.05. The van der Waals surface area contributed by atoms with Gasteiger partial charge >= 0.3 is 0 Å². The summed E-state index contributed by atoms with van der Waals surface area (Å²) < 4.78 is 2.36. The third-order valence-corrected chi connectivity index (χ3v) is 5.12. The van der Waals surface area contributed by atoms with E-state index in [1.165, 1.54) is 48.2 Å². The Kier molecular flexibility index (Phi) is 2.86. The summed E-state index contributed by atoms with van der Waals surface area (Å²) in [5.74, 6) is 0.881. The molecule has 0 amide bonds. The van der Waals surface area contributed by atoms with Crippen LogP contribution >= 0.6 is 0 Å².